The summed E-state index contributed by atoms with van der Waals surface area (Å²) in [5, 5.41) is 1.35. The Bertz CT molecular complexity index is 3050. The second-order valence-electron chi connectivity index (χ2n) is 16.9. The maximum Gasteiger partial charge on any atom is 0.416 e. The third-order valence-electron chi connectivity index (χ3n) is 12.8. The van der Waals surface area contributed by atoms with Crippen molar-refractivity contribution >= 4 is 21.5 Å². The number of hydrogen-bond donors (Lipinski definition) is 0. The molecule has 7 aromatic rings. The third-order valence-corrected chi connectivity index (χ3v) is 12.8. The highest BCUT2D eigenvalue weighted by Crippen LogP contribution is 2.50. The van der Waals surface area contributed by atoms with E-state index in [-0.39, 0.29) is 83.3 Å². The SMILES string of the molecule is Cc1cc(-c2c3ccccc3c(-c3cc(C)cc(C(F)(F)F)c3)c3cc(Cc4c(-c5c(C)c(C)c(C)c(C(F)(F)F)c5C)c(C)c(C)c(C)c4C(F)(F)F)ccc23)cc(C(F)(F)F)c1. The molecule has 64 heavy (non-hydrogen) atoms. The van der Waals surface area contributed by atoms with Crippen LogP contribution in [0.15, 0.2) is 78.9 Å². The Morgan fingerprint density at radius 1 is 0.344 bits per heavy atom. The van der Waals surface area contributed by atoms with Crippen LogP contribution in [0.4, 0.5) is 52.7 Å². The predicted octanol–water partition coefficient (Wildman–Crippen LogP) is 17.4. The molecule has 0 aromatic heterocycles. The first kappa shape index (κ1) is 46.2. The van der Waals surface area contributed by atoms with Crippen LogP contribution >= 0.6 is 0 Å². The van der Waals surface area contributed by atoms with Crippen molar-refractivity contribution < 1.29 is 52.7 Å². The van der Waals surface area contributed by atoms with Crippen molar-refractivity contribution in [2.24, 2.45) is 0 Å². The molecule has 0 saturated heterocycles. The van der Waals surface area contributed by atoms with E-state index < -0.39 is 53.4 Å². The zero-order valence-corrected chi connectivity index (χ0v) is 36.2. The predicted molar refractivity (Wildman–Crippen MR) is 230 cm³/mol. The van der Waals surface area contributed by atoms with Crippen molar-refractivity contribution in [2.45, 2.75) is 93.4 Å². The van der Waals surface area contributed by atoms with Crippen LogP contribution in [0, 0.1) is 62.3 Å². The van der Waals surface area contributed by atoms with E-state index >= 15 is 13.2 Å². The molecule has 0 heterocycles. The number of benzene rings is 7. The fourth-order valence-electron chi connectivity index (χ4n) is 9.62. The van der Waals surface area contributed by atoms with Gasteiger partial charge in [0.05, 0.1) is 22.3 Å². The second-order valence-corrected chi connectivity index (χ2v) is 16.9. The summed E-state index contributed by atoms with van der Waals surface area (Å²) < 4.78 is 177. The van der Waals surface area contributed by atoms with Crippen LogP contribution in [0.2, 0.25) is 0 Å². The summed E-state index contributed by atoms with van der Waals surface area (Å²) >= 11 is 0. The highest BCUT2D eigenvalue weighted by molar-refractivity contribution is 6.21. The molecule has 0 atom stereocenters. The average Bonchev–Trinajstić information content (AvgIpc) is 3.17. The fourth-order valence-corrected chi connectivity index (χ4v) is 9.62. The molecule has 0 nitrogen and oxygen atoms in total. The van der Waals surface area contributed by atoms with E-state index in [1.165, 1.54) is 66.7 Å². The summed E-state index contributed by atoms with van der Waals surface area (Å²) in [6, 6.07) is 18.2. The Kier molecular flexibility index (Phi) is 11.4. The summed E-state index contributed by atoms with van der Waals surface area (Å²) in [6.07, 6.45) is -19.8. The average molecular weight is 895 g/mol. The van der Waals surface area contributed by atoms with Crippen LogP contribution in [-0.4, -0.2) is 0 Å². The topological polar surface area (TPSA) is 0 Å². The number of alkyl halides is 12. The second kappa shape index (κ2) is 15.7. The minimum absolute atomic E-state index is 0.00788. The lowest BCUT2D eigenvalue weighted by molar-refractivity contribution is -0.139. The zero-order valence-electron chi connectivity index (χ0n) is 36.2. The quantitative estimate of drug-likeness (QED) is 0.119. The Morgan fingerprint density at radius 3 is 1.22 bits per heavy atom. The molecule has 0 amide bonds. The van der Waals surface area contributed by atoms with Crippen molar-refractivity contribution in [2.75, 3.05) is 0 Å². The van der Waals surface area contributed by atoms with Gasteiger partial charge in [0.2, 0.25) is 0 Å². The van der Waals surface area contributed by atoms with Crippen molar-refractivity contribution in [3.05, 3.63) is 162 Å². The van der Waals surface area contributed by atoms with E-state index in [4.69, 9.17) is 0 Å². The number of rotatable bonds is 5. The lowest BCUT2D eigenvalue weighted by atomic mass is 9.77. The number of fused-ring (bicyclic) bond motifs is 2. The first-order valence-corrected chi connectivity index (χ1v) is 20.3. The number of halogens is 12. The smallest absolute Gasteiger partial charge is 0.166 e. The molecule has 0 fully saturated rings. The molecule has 0 aliphatic carbocycles. The Hall–Kier alpha value is -5.78. The molecule has 0 radical (unpaired) electrons. The Balaban J connectivity index is 1.65. The molecule has 334 valence electrons. The minimum Gasteiger partial charge on any atom is -0.166 e. The van der Waals surface area contributed by atoms with Gasteiger partial charge in [-0.15, -0.1) is 0 Å². The molecule has 12 heteroatoms. The van der Waals surface area contributed by atoms with E-state index in [2.05, 4.69) is 0 Å². The largest absolute Gasteiger partial charge is 0.416 e. The zero-order chi connectivity index (χ0) is 47.3. The first-order chi connectivity index (χ1) is 29.5. The highest BCUT2D eigenvalue weighted by Gasteiger charge is 2.41. The minimum atomic E-state index is -4.98. The van der Waals surface area contributed by atoms with Gasteiger partial charge in [0.25, 0.3) is 0 Å². The molecule has 0 bridgehead atoms. The molecule has 0 unspecified atom stereocenters. The van der Waals surface area contributed by atoms with Gasteiger partial charge >= 0.3 is 24.7 Å². The van der Waals surface area contributed by atoms with Gasteiger partial charge in [-0.05, 0) is 209 Å². The van der Waals surface area contributed by atoms with E-state index in [0.29, 0.717) is 32.8 Å². The van der Waals surface area contributed by atoms with Gasteiger partial charge in [0, 0.05) is 0 Å². The summed E-state index contributed by atoms with van der Waals surface area (Å²) in [5.41, 5.74) is -1.73. The van der Waals surface area contributed by atoms with E-state index in [9.17, 15) is 39.5 Å². The van der Waals surface area contributed by atoms with Gasteiger partial charge in [-0.25, -0.2) is 0 Å². The van der Waals surface area contributed by atoms with Gasteiger partial charge in [-0.3, -0.25) is 0 Å². The van der Waals surface area contributed by atoms with E-state index in [1.54, 1.807) is 50.2 Å². The molecule has 0 N–H and O–H groups in total. The van der Waals surface area contributed by atoms with Crippen LogP contribution in [0.5, 0.6) is 0 Å². The normalized spacial score (nSPS) is 12.8. The fraction of sp³-hybridized carbons (Fsp3) is 0.269. The molecular formula is C52H42F12. The molecular weight excluding hydrogens is 853 g/mol. The highest BCUT2D eigenvalue weighted by atomic mass is 19.4. The van der Waals surface area contributed by atoms with Crippen LogP contribution in [-0.2, 0) is 31.1 Å². The summed E-state index contributed by atoms with van der Waals surface area (Å²) in [7, 11) is 0. The van der Waals surface area contributed by atoms with Gasteiger partial charge in [-0.1, -0.05) is 54.6 Å². The lowest BCUT2D eigenvalue weighted by Gasteiger charge is -2.29. The number of hydrogen-bond acceptors (Lipinski definition) is 0. The molecule has 0 aliphatic heterocycles. The van der Waals surface area contributed by atoms with Crippen molar-refractivity contribution in [3.63, 3.8) is 0 Å². The maximum atomic E-state index is 15.6. The summed E-state index contributed by atoms with van der Waals surface area (Å²) in [5.74, 6) is 0. The van der Waals surface area contributed by atoms with E-state index in [0.717, 1.165) is 24.3 Å². The van der Waals surface area contributed by atoms with Crippen LogP contribution in [0.3, 0.4) is 0 Å². The van der Waals surface area contributed by atoms with Crippen LogP contribution < -0.4 is 0 Å². The molecule has 7 aromatic carbocycles. The molecule has 0 spiro atoms. The van der Waals surface area contributed by atoms with Gasteiger partial charge in [-0.2, -0.15) is 52.7 Å². The van der Waals surface area contributed by atoms with Crippen LogP contribution in [0.1, 0.15) is 83.5 Å². The number of aryl methyl sites for hydroxylation is 2. The van der Waals surface area contributed by atoms with Crippen molar-refractivity contribution in [3.8, 4) is 33.4 Å². The standard InChI is InChI=1S/C52H42F12/c1-24-16-34(22-36(18-24)49(53,54)55)45-38-12-10-11-13-39(38)46(35-17-25(2)19-37(23-35)50(56,57)58)41-20-33(14-15-40(41)45)21-42-44(29(6)27(4)31(8)48(42)52(62,63)64)43-28(5)26(3)30(7)47(32(43)9)51(59,60)61/h10-20,22-23H,21H2,1-9H3. The van der Waals surface area contributed by atoms with Crippen molar-refractivity contribution in [1.29, 1.82) is 0 Å². The van der Waals surface area contributed by atoms with Gasteiger partial charge < -0.3 is 0 Å². The van der Waals surface area contributed by atoms with Crippen molar-refractivity contribution in [1.82, 2.24) is 0 Å². The molecule has 0 aliphatic rings. The lowest BCUT2D eigenvalue weighted by Crippen LogP contribution is -2.18. The Morgan fingerprint density at radius 2 is 0.766 bits per heavy atom. The van der Waals surface area contributed by atoms with Gasteiger partial charge in [0.1, 0.15) is 0 Å². The monoisotopic (exact) mass is 894 g/mol. The van der Waals surface area contributed by atoms with E-state index in [1.807, 2.05) is 0 Å². The third kappa shape index (κ3) is 8.02. The molecule has 7 rings (SSSR count). The Labute approximate surface area is 362 Å². The molecule has 0 saturated carbocycles. The summed E-state index contributed by atoms with van der Waals surface area (Å²) in [4.78, 5) is 0. The van der Waals surface area contributed by atoms with Crippen LogP contribution in [0.25, 0.3) is 54.9 Å². The van der Waals surface area contributed by atoms with Gasteiger partial charge in [0.15, 0.2) is 0 Å². The maximum absolute atomic E-state index is 15.6. The summed E-state index contributed by atoms with van der Waals surface area (Å²) in [6.45, 7) is 13.0. The first-order valence-electron chi connectivity index (χ1n) is 20.3.